The van der Waals surface area contributed by atoms with Crippen LogP contribution in [-0.4, -0.2) is 25.8 Å². The van der Waals surface area contributed by atoms with E-state index >= 15 is 0 Å². The van der Waals surface area contributed by atoms with E-state index in [9.17, 15) is 18.0 Å². The summed E-state index contributed by atoms with van der Waals surface area (Å²) in [5.41, 5.74) is 1.11. The Bertz CT molecular complexity index is 1760. The van der Waals surface area contributed by atoms with Gasteiger partial charge in [-0.15, -0.1) is 8.78 Å². The third kappa shape index (κ3) is 4.27. The maximum Gasteiger partial charge on any atom is 0.586 e. The van der Waals surface area contributed by atoms with Crippen LogP contribution in [0.1, 0.15) is 11.4 Å². The van der Waals surface area contributed by atoms with Gasteiger partial charge in [0.15, 0.2) is 11.5 Å². The van der Waals surface area contributed by atoms with Crippen molar-refractivity contribution < 1.29 is 27.4 Å². The quantitative estimate of drug-likeness (QED) is 0.315. The van der Waals surface area contributed by atoms with Gasteiger partial charge in [-0.25, -0.2) is 9.37 Å². The smallest absolute Gasteiger partial charge is 0.455 e. The molecule has 3 aromatic heterocycles. The Kier molecular flexibility index (Phi) is 5.48. The van der Waals surface area contributed by atoms with Crippen LogP contribution in [0, 0.1) is 5.82 Å². The Balaban J connectivity index is 1.26. The van der Waals surface area contributed by atoms with Gasteiger partial charge in [0.05, 0.1) is 23.0 Å². The molecule has 1 aliphatic heterocycles. The molecule has 190 valence electrons. The normalized spacial score (nSPS) is 13.6. The third-order valence-corrected chi connectivity index (χ3v) is 6.04. The predicted molar refractivity (Wildman–Crippen MR) is 130 cm³/mol. The van der Waals surface area contributed by atoms with Gasteiger partial charge in [-0.1, -0.05) is 18.2 Å². The summed E-state index contributed by atoms with van der Waals surface area (Å²) in [5, 5.41) is 0.431. The van der Waals surface area contributed by atoms with Crippen molar-refractivity contribution in [2.24, 2.45) is 7.05 Å². The summed E-state index contributed by atoms with van der Waals surface area (Å²) in [7, 11) is 1.57. The fourth-order valence-electron chi connectivity index (χ4n) is 4.11. The average molecular weight is 518 g/mol. The average Bonchev–Trinajstić information content (AvgIpc) is 3.20. The zero-order valence-corrected chi connectivity index (χ0v) is 19.7. The minimum atomic E-state index is -3.75. The van der Waals surface area contributed by atoms with Crippen molar-refractivity contribution in [2.45, 2.75) is 12.7 Å². The lowest BCUT2D eigenvalue weighted by molar-refractivity contribution is -0.286. The van der Waals surface area contributed by atoms with Crippen LogP contribution in [0.25, 0.3) is 22.2 Å². The summed E-state index contributed by atoms with van der Waals surface area (Å²) in [6.07, 6.45) is 0.725. The van der Waals surface area contributed by atoms with Crippen LogP contribution in [-0.2, 0) is 13.5 Å². The number of nitrogens with zero attached hydrogens (tertiary/aromatic N) is 4. The molecule has 0 radical (unpaired) electrons. The van der Waals surface area contributed by atoms with E-state index in [0.717, 1.165) is 0 Å². The first-order chi connectivity index (χ1) is 18.3. The fourth-order valence-corrected chi connectivity index (χ4v) is 4.11. The zero-order chi connectivity index (χ0) is 26.4. The summed E-state index contributed by atoms with van der Waals surface area (Å²) < 4.78 is 57.3. The molecule has 11 heteroatoms. The van der Waals surface area contributed by atoms with Gasteiger partial charge in [0, 0.05) is 37.3 Å². The highest BCUT2D eigenvalue weighted by Crippen LogP contribution is 2.44. The number of pyridine rings is 2. The molecule has 0 bridgehead atoms. The van der Waals surface area contributed by atoms with Crippen LogP contribution < -0.4 is 19.8 Å². The van der Waals surface area contributed by atoms with Crippen molar-refractivity contribution in [1.82, 2.24) is 19.5 Å². The Hall–Kier alpha value is -4.93. The highest BCUT2D eigenvalue weighted by atomic mass is 19.3. The molecular weight excluding hydrogens is 501 g/mol. The van der Waals surface area contributed by atoms with E-state index in [1.807, 2.05) is 0 Å². The summed E-state index contributed by atoms with van der Waals surface area (Å²) in [6, 6.07) is 13.8. The number of halogens is 3. The first-order valence-corrected chi connectivity index (χ1v) is 11.4. The Morgan fingerprint density at radius 1 is 0.974 bits per heavy atom. The second-order valence-corrected chi connectivity index (χ2v) is 8.49. The van der Waals surface area contributed by atoms with Gasteiger partial charge in [-0.3, -0.25) is 19.3 Å². The van der Waals surface area contributed by atoms with Gasteiger partial charge >= 0.3 is 6.29 Å². The molecule has 2 aromatic carbocycles. The van der Waals surface area contributed by atoms with E-state index in [1.54, 1.807) is 43.4 Å². The number of fused-ring (bicyclic) bond motifs is 2. The molecule has 0 N–H and O–H groups in total. The number of rotatable bonds is 5. The van der Waals surface area contributed by atoms with Gasteiger partial charge in [-0.05, 0) is 35.9 Å². The van der Waals surface area contributed by atoms with Crippen molar-refractivity contribution >= 4 is 10.9 Å². The largest absolute Gasteiger partial charge is 0.586 e. The van der Waals surface area contributed by atoms with Crippen LogP contribution in [0.4, 0.5) is 13.2 Å². The molecule has 0 saturated heterocycles. The van der Waals surface area contributed by atoms with Crippen LogP contribution in [0.3, 0.4) is 0 Å². The van der Waals surface area contributed by atoms with E-state index in [0.29, 0.717) is 39.5 Å². The Morgan fingerprint density at radius 2 is 1.76 bits per heavy atom. The first-order valence-electron chi connectivity index (χ1n) is 11.4. The van der Waals surface area contributed by atoms with E-state index in [2.05, 4.69) is 24.4 Å². The molecule has 8 nitrogen and oxygen atoms in total. The molecule has 0 saturated carbocycles. The second-order valence-electron chi connectivity index (χ2n) is 8.49. The van der Waals surface area contributed by atoms with Gasteiger partial charge in [-0.2, -0.15) is 0 Å². The lowest BCUT2D eigenvalue weighted by atomic mass is 10.1. The van der Waals surface area contributed by atoms with Crippen LogP contribution in [0.5, 0.6) is 23.0 Å². The molecule has 0 unspecified atom stereocenters. The topological polar surface area (TPSA) is 88.4 Å². The van der Waals surface area contributed by atoms with Crippen LogP contribution >= 0.6 is 0 Å². The first kappa shape index (κ1) is 23.5. The molecule has 0 atom stereocenters. The molecule has 0 spiro atoms. The van der Waals surface area contributed by atoms with Crippen molar-refractivity contribution in [3.05, 3.63) is 101 Å². The molecule has 0 aliphatic carbocycles. The number of aromatic nitrogens is 4. The van der Waals surface area contributed by atoms with E-state index in [1.165, 1.54) is 41.4 Å². The third-order valence-electron chi connectivity index (χ3n) is 6.04. The molecule has 4 heterocycles. The fraction of sp³-hybridized carbons (Fsp3) is 0.111. The van der Waals surface area contributed by atoms with Gasteiger partial charge in [0.1, 0.15) is 23.1 Å². The monoisotopic (exact) mass is 518 g/mol. The lowest BCUT2D eigenvalue weighted by Gasteiger charge is -2.11. The van der Waals surface area contributed by atoms with Gasteiger partial charge in [0.25, 0.3) is 5.56 Å². The summed E-state index contributed by atoms with van der Waals surface area (Å²) in [6.45, 7) is 0. The maximum atomic E-state index is 14.0. The summed E-state index contributed by atoms with van der Waals surface area (Å²) in [4.78, 5) is 25.9. The number of hydrogen-bond donors (Lipinski definition) is 0. The number of hydrogen-bond acceptors (Lipinski definition) is 7. The Morgan fingerprint density at radius 3 is 2.53 bits per heavy atom. The van der Waals surface area contributed by atoms with E-state index < -0.39 is 6.29 Å². The van der Waals surface area contributed by atoms with Gasteiger partial charge < -0.3 is 14.2 Å². The maximum absolute atomic E-state index is 14.0. The SMILES string of the molecule is Cn1c(Cc2ccccc2F)ncc(-c2ccc(Oc3ccnc4cc5c(cc34)OC(F)(F)O5)cn2)c1=O. The highest BCUT2D eigenvalue weighted by Gasteiger charge is 2.43. The molecule has 0 fully saturated rings. The van der Waals surface area contributed by atoms with E-state index in [4.69, 9.17) is 4.74 Å². The highest BCUT2D eigenvalue weighted by molar-refractivity contribution is 5.88. The lowest BCUT2D eigenvalue weighted by Crippen LogP contribution is -2.25. The van der Waals surface area contributed by atoms with Crippen molar-refractivity contribution in [1.29, 1.82) is 0 Å². The molecular formula is C27H17F3N4O4. The number of ether oxygens (including phenoxy) is 3. The minimum absolute atomic E-state index is 0.117. The Labute approximate surface area is 212 Å². The van der Waals surface area contributed by atoms with Crippen LogP contribution in [0.15, 0.2) is 78.0 Å². The summed E-state index contributed by atoms with van der Waals surface area (Å²) >= 11 is 0. The van der Waals surface area contributed by atoms with Crippen molar-refractivity contribution in [3.63, 3.8) is 0 Å². The second kappa shape index (κ2) is 8.87. The number of benzene rings is 2. The zero-order valence-electron chi connectivity index (χ0n) is 19.7. The molecule has 0 amide bonds. The summed E-state index contributed by atoms with van der Waals surface area (Å²) in [5.74, 6) is 0.468. The molecule has 5 aromatic rings. The molecule has 1 aliphatic rings. The minimum Gasteiger partial charge on any atom is -0.455 e. The van der Waals surface area contributed by atoms with Crippen molar-refractivity contribution in [3.8, 4) is 34.3 Å². The molecule has 38 heavy (non-hydrogen) atoms. The number of alkyl halides is 2. The van der Waals surface area contributed by atoms with Crippen molar-refractivity contribution in [2.75, 3.05) is 0 Å². The van der Waals surface area contributed by atoms with E-state index in [-0.39, 0.29) is 34.9 Å². The van der Waals surface area contributed by atoms with Gasteiger partial charge in [0.2, 0.25) is 0 Å². The predicted octanol–water partition coefficient (Wildman–Crippen LogP) is 5.23. The molecule has 6 rings (SSSR count). The van der Waals surface area contributed by atoms with Crippen LogP contribution in [0.2, 0.25) is 0 Å². The standard InChI is InChI=1S/C27H17F3N4O4/c1-34-25(10-15-4-2-3-5-19(15)28)33-14-18(26(34)35)20-7-6-16(13-32-20)36-22-8-9-31-21-12-24-23(11-17(21)22)37-27(29,30)38-24/h2-9,11-14H,10H2,1H3.